The Morgan fingerprint density at radius 1 is 1.14 bits per heavy atom. The van der Waals surface area contributed by atoms with Crippen molar-refractivity contribution in [3.63, 3.8) is 0 Å². The van der Waals surface area contributed by atoms with E-state index in [1.165, 1.54) is 17.3 Å². The summed E-state index contributed by atoms with van der Waals surface area (Å²) in [5, 5.41) is 11.9. The number of para-hydroxylation sites is 1. The number of benzene rings is 2. The number of amides is 1. The number of thioether (sulfide) groups is 1. The Morgan fingerprint density at radius 2 is 1.86 bits per heavy atom. The molecule has 0 fully saturated rings. The molecule has 1 unspecified atom stereocenters. The monoisotopic (exact) mass is 396 g/mol. The van der Waals surface area contributed by atoms with Crippen LogP contribution in [0.4, 0.5) is 0 Å². The molecule has 28 heavy (non-hydrogen) atoms. The van der Waals surface area contributed by atoms with E-state index in [1.54, 1.807) is 14.2 Å². The Kier molecular flexibility index (Phi) is 6.71. The van der Waals surface area contributed by atoms with Crippen molar-refractivity contribution in [3.05, 3.63) is 60.2 Å². The minimum absolute atomic E-state index is 0.0403. The second kappa shape index (κ2) is 9.41. The number of ether oxygens (including phenoxy) is 1. The average molecular weight is 397 g/mol. The lowest BCUT2D eigenvalue weighted by Gasteiger charge is -2.14. The van der Waals surface area contributed by atoms with Crippen LogP contribution in [0, 0.1) is 0 Å². The summed E-state index contributed by atoms with van der Waals surface area (Å²) >= 11 is 1.40. The van der Waals surface area contributed by atoms with Crippen LogP contribution in [0.3, 0.4) is 0 Å². The minimum atomic E-state index is -0.268. The number of carbonyl (C=O) groups is 1. The molecule has 0 saturated carbocycles. The maximum Gasteiger partial charge on any atom is 0.233 e. The van der Waals surface area contributed by atoms with E-state index < -0.39 is 0 Å². The van der Waals surface area contributed by atoms with E-state index in [2.05, 4.69) is 32.2 Å². The highest BCUT2D eigenvalue weighted by molar-refractivity contribution is 8.00. The molecule has 2 aromatic carbocycles. The number of aryl methyl sites for hydroxylation is 1. The number of nitrogens with one attached hydrogen (secondary N) is 1. The summed E-state index contributed by atoms with van der Waals surface area (Å²) in [5.41, 5.74) is 2.11. The molecule has 0 radical (unpaired) electrons. The fraction of sp³-hybridized carbons (Fsp3) is 0.286. The molecule has 0 saturated heterocycles. The summed E-state index contributed by atoms with van der Waals surface area (Å²) in [4.78, 5) is 12.0. The molecule has 3 rings (SSSR count). The molecular formula is C21H24N4O2S. The zero-order chi connectivity index (χ0) is 19.9. The van der Waals surface area contributed by atoms with Gasteiger partial charge in [0.1, 0.15) is 5.75 Å². The molecule has 6 nitrogen and oxygen atoms in total. The van der Waals surface area contributed by atoms with Crippen molar-refractivity contribution in [1.82, 2.24) is 20.1 Å². The highest BCUT2D eigenvalue weighted by atomic mass is 32.2. The molecule has 0 aliphatic rings. The van der Waals surface area contributed by atoms with Gasteiger partial charge in [-0.3, -0.25) is 4.79 Å². The van der Waals surface area contributed by atoms with Crippen LogP contribution in [0.25, 0.3) is 11.4 Å². The van der Waals surface area contributed by atoms with Crippen molar-refractivity contribution in [2.45, 2.75) is 30.3 Å². The molecule has 1 atom stereocenters. The second-order valence-corrected chi connectivity index (χ2v) is 7.58. The largest absolute Gasteiger partial charge is 0.496 e. The lowest BCUT2D eigenvalue weighted by molar-refractivity contribution is -0.119. The summed E-state index contributed by atoms with van der Waals surface area (Å²) < 4.78 is 7.58. The van der Waals surface area contributed by atoms with Crippen molar-refractivity contribution < 1.29 is 9.53 Å². The Bertz CT molecular complexity index is 927. The zero-order valence-corrected chi connectivity index (χ0v) is 17.1. The Hall–Kier alpha value is -2.80. The minimum Gasteiger partial charge on any atom is -0.496 e. The van der Waals surface area contributed by atoms with Gasteiger partial charge in [0.05, 0.1) is 17.9 Å². The summed E-state index contributed by atoms with van der Waals surface area (Å²) in [5.74, 6) is 1.44. The third-order valence-corrected chi connectivity index (χ3v) is 5.51. The number of nitrogens with zero attached hydrogens (tertiary/aromatic N) is 3. The van der Waals surface area contributed by atoms with Crippen molar-refractivity contribution in [1.29, 1.82) is 0 Å². The first-order valence-corrected chi connectivity index (χ1v) is 10.0. The number of carbonyl (C=O) groups excluding carboxylic acids is 1. The summed E-state index contributed by atoms with van der Waals surface area (Å²) in [6.07, 6.45) is 0.836. The second-order valence-electron chi connectivity index (χ2n) is 6.27. The van der Waals surface area contributed by atoms with Gasteiger partial charge in [-0.1, -0.05) is 54.2 Å². The summed E-state index contributed by atoms with van der Waals surface area (Å²) in [6, 6.07) is 18.0. The Labute approximate surface area is 169 Å². The molecule has 1 amide bonds. The fourth-order valence-electron chi connectivity index (χ4n) is 2.91. The maximum absolute atomic E-state index is 12.0. The number of hydrogen-bond acceptors (Lipinski definition) is 5. The smallest absolute Gasteiger partial charge is 0.233 e. The lowest BCUT2D eigenvalue weighted by Crippen LogP contribution is -2.27. The number of rotatable bonds is 8. The van der Waals surface area contributed by atoms with Crippen LogP contribution in [-0.4, -0.2) is 40.1 Å². The van der Waals surface area contributed by atoms with E-state index >= 15 is 0 Å². The first-order chi connectivity index (χ1) is 13.6. The molecule has 146 valence electrons. The van der Waals surface area contributed by atoms with E-state index in [0.717, 1.165) is 23.6 Å². The highest BCUT2D eigenvalue weighted by Gasteiger charge is 2.21. The van der Waals surface area contributed by atoms with Crippen molar-refractivity contribution in [2.75, 3.05) is 14.2 Å². The normalized spacial score (nSPS) is 11.8. The SMILES string of the molecule is CNC(=O)C(C)Sc1nnc(-c2ccccc2OC)n1CCc1ccccc1. The van der Waals surface area contributed by atoms with Gasteiger partial charge in [-0.05, 0) is 31.0 Å². The molecule has 0 aliphatic heterocycles. The van der Waals surface area contributed by atoms with Crippen molar-refractivity contribution >= 4 is 17.7 Å². The lowest BCUT2D eigenvalue weighted by atomic mass is 10.1. The summed E-state index contributed by atoms with van der Waals surface area (Å²) in [6.45, 7) is 2.57. The van der Waals surface area contributed by atoms with Gasteiger partial charge in [0.2, 0.25) is 5.91 Å². The van der Waals surface area contributed by atoms with Gasteiger partial charge in [-0.25, -0.2) is 0 Å². The van der Waals surface area contributed by atoms with E-state index in [-0.39, 0.29) is 11.2 Å². The van der Waals surface area contributed by atoms with Crippen LogP contribution in [0.15, 0.2) is 59.8 Å². The van der Waals surface area contributed by atoms with Crippen molar-refractivity contribution in [3.8, 4) is 17.1 Å². The first-order valence-electron chi connectivity index (χ1n) is 9.12. The Balaban J connectivity index is 1.96. The van der Waals surface area contributed by atoms with Gasteiger partial charge in [0.15, 0.2) is 11.0 Å². The topological polar surface area (TPSA) is 69.0 Å². The van der Waals surface area contributed by atoms with Gasteiger partial charge >= 0.3 is 0 Å². The van der Waals surface area contributed by atoms with Crippen molar-refractivity contribution in [2.24, 2.45) is 0 Å². The zero-order valence-electron chi connectivity index (χ0n) is 16.3. The molecule has 0 spiro atoms. The molecule has 3 aromatic rings. The predicted molar refractivity (Wildman–Crippen MR) is 112 cm³/mol. The third kappa shape index (κ3) is 4.54. The van der Waals surface area contributed by atoms with Crippen LogP contribution in [-0.2, 0) is 17.8 Å². The van der Waals surface area contributed by atoms with Crippen LogP contribution >= 0.6 is 11.8 Å². The van der Waals surface area contributed by atoms with Crippen LogP contribution in [0.2, 0.25) is 0 Å². The molecule has 1 heterocycles. The highest BCUT2D eigenvalue weighted by Crippen LogP contribution is 2.32. The fourth-order valence-corrected chi connectivity index (χ4v) is 3.84. The number of aromatic nitrogens is 3. The predicted octanol–water partition coefficient (Wildman–Crippen LogP) is 3.42. The number of methoxy groups -OCH3 is 1. The standard InChI is InChI=1S/C21H24N4O2S/c1-15(20(26)22-2)28-21-24-23-19(17-11-7-8-12-18(17)27-3)25(21)14-13-16-9-5-4-6-10-16/h4-12,15H,13-14H2,1-3H3,(H,22,26). The van der Waals surface area contributed by atoms with E-state index in [1.807, 2.05) is 49.4 Å². The number of hydrogen-bond donors (Lipinski definition) is 1. The average Bonchev–Trinajstić information content (AvgIpc) is 3.14. The molecular weight excluding hydrogens is 372 g/mol. The van der Waals surface area contributed by atoms with Crippen LogP contribution < -0.4 is 10.1 Å². The molecule has 1 N–H and O–H groups in total. The van der Waals surface area contributed by atoms with Gasteiger partial charge in [0.25, 0.3) is 0 Å². The molecule has 1 aromatic heterocycles. The quantitative estimate of drug-likeness (QED) is 0.591. The third-order valence-electron chi connectivity index (χ3n) is 4.43. The molecule has 0 bridgehead atoms. The van der Waals surface area contributed by atoms with Crippen LogP contribution in [0.1, 0.15) is 12.5 Å². The molecule has 7 heteroatoms. The van der Waals surface area contributed by atoms with E-state index in [0.29, 0.717) is 11.7 Å². The van der Waals surface area contributed by atoms with E-state index in [4.69, 9.17) is 4.74 Å². The maximum atomic E-state index is 12.0. The summed E-state index contributed by atoms with van der Waals surface area (Å²) in [7, 11) is 3.28. The van der Waals surface area contributed by atoms with Gasteiger partial charge in [-0.2, -0.15) is 0 Å². The first kappa shape index (κ1) is 19.9. The van der Waals surface area contributed by atoms with Gasteiger partial charge in [0, 0.05) is 13.6 Å². The Morgan fingerprint density at radius 3 is 2.57 bits per heavy atom. The van der Waals surface area contributed by atoms with Crippen LogP contribution in [0.5, 0.6) is 5.75 Å². The molecule has 0 aliphatic carbocycles. The van der Waals surface area contributed by atoms with Gasteiger partial charge in [-0.15, -0.1) is 10.2 Å². The van der Waals surface area contributed by atoms with E-state index in [9.17, 15) is 4.79 Å². The van der Waals surface area contributed by atoms with Gasteiger partial charge < -0.3 is 14.6 Å².